The topological polar surface area (TPSA) is 103 Å². The number of β-amino-alcohol motifs (C(OH)–C–C–N with tert-alkyl or cyclic N) is 1. The highest BCUT2D eigenvalue weighted by atomic mass is 79.9. The number of likely N-dealkylation sites (tertiary alicyclic amines) is 1. The molecule has 1 aromatic heterocycles. The molecule has 1 aliphatic rings. The zero-order chi connectivity index (χ0) is 13.3. The number of nitrogens with one attached hydrogen (secondary N) is 1. The fourth-order valence-corrected chi connectivity index (χ4v) is 2.84. The van der Waals surface area contributed by atoms with E-state index < -0.39 is 24.1 Å². The molecule has 18 heavy (non-hydrogen) atoms. The minimum atomic E-state index is -1.12. The number of carbonyl (C=O) groups excluding carboxylic acids is 1. The number of urea groups is 1. The van der Waals surface area contributed by atoms with Gasteiger partial charge in [0.2, 0.25) is 0 Å². The van der Waals surface area contributed by atoms with E-state index in [1.54, 1.807) is 0 Å². The number of rotatable bonds is 2. The van der Waals surface area contributed by atoms with E-state index in [1.165, 1.54) is 17.5 Å². The molecule has 1 fully saturated rings. The van der Waals surface area contributed by atoms with Crippen molar-refractivity contribution in [2.24, 2.45) is 0 Å². The number of anilines is 1. The molecule has 0 saturated carbocycles. The monoisotopic (exact) mass is 335 g/mol. The van der Waals surface area contributed by atoms with Crippen LogP contribution in [0.2, 0.25) is 0 Å². The van der Waals surface area contributed by atoms with Gasteiger partial charge in [0.05, 0.1) is 16.1 Å². The molecule has 2 atom stereocenters. The van der Waals surface area contributed by atoms with Crippen molar-refractivity contribution in [3.05, 3.63) is 9.98 Å². The van der Waals surface area contributed by atoms with Crippen molar-refractivity contribution in [2.45, 2.75) is 18.6 Å². The number of nitrogens with zero attached hydrogens (tertiary/aromatic N) is 2. The van der Waals surface area contributed by atoms with Crippen LogP contribution in [0.3, 0.4) is 0 Å². The molecule has 0 bridgehead atoms. The summed E-state index contributed by atoms with van der Waals surface area (Å²) in [5.74, 6) is -1.12. The van der Waals surface area contributed by atoms with Gasteiger partial charge in [-0.1, -0.05) is 11.3 Å². The number of thiazole rings is 1. The lowest BCUT2D eigenvalue weighted by Crippen LogP contribution is -2.43. The van der Waals surface area contributed by atoms with Crippen LogP contribution < -0.4 is 5.32 Å². The van der Waals surface area contributed by atoms with Crippen molar-refractivity contribution in [2.75, 3.05) is 11.9 Å². The van der Waals surface area contributed by atoms with Gasteiger partial charge in [0.15, 0.2) is 5.13 Å². The van der Waals surface area contributed by atoms with Crippen LogP contribution in [0.1, 0.15) is 6.42 Å². The Balaban J connectivity index is 2.06. The summed E-state index contributed by atoms with van der Waals surface area (Å²) in [6.07, 6.45) is 0.776. The Kier molecular flexibility index (Phi) is 3.83. The zero-order valence-corrected chi connectivity index (χ0v) is 11.4. The third kappa shape index (κ3) is 2.79. The Morgan fingerprint density at radius 1 is 1.61 bits per heavy atom. The molecule has 98 valence electrons. The van der Waals surface area contributed by atoms with Crippen molar-refractivity contribution >= 4 is 44.4 Å². The fraction of sp³-hybridized carbons (Fsp3) is 0.444. The number of hydrogen-bond donors (Lipinski definition) is 3. The van der Waals surface area contributed by atoms with Crippen LogP contribution in [0.4, 0.5) is 9.93 Å². The maximum atomic E-state index is 11.9. The second-order valence-corrected chi connectivity index (χ2v) is 6.21. The van der Waals surface area contributed by atoms with Gasteiger partial charge in [-0.25, -0.2) is 14.6 Å². The number of carboxylic acids is 1. The molecule has 1 saturated heterocycles. The number of hydrogen-bond acceptors (Lipinski definition) is 5. The molecule has 0 aliphatic carbocycles. The normalized spacial score (nSPS) is 23.1. The van der Waals surface area contributed by atoms with Crippen molar-refractivity contribution < 1.29 is 19.8 Å². The molecule has 2 heterocycles. The maximum absolute atomic E-state index is 11.9. The number of aromatic nitrogens is 1. The Morgan fingerprint density at radius 2 is 2.33 bits per heavy atom. The number of carboxylic acid groups (broad SMARTS) is 1. The second-order valence-electron chi connectivity index (χ2n) is 3.80. The van der Waals surface area contributed by atoms with Gasteiger partial charge >= 0.3 is 12.0 Å². The van der Waals surface area contributed by atoms with Crippen LogP contribution in [0.25, 0.3) is 0 Å². The first-order chi connectivity index (χ1) is 8.47. The van der Waals surface area contributed by atoms with Gasteiger partial charge in [0.25, 0.3) is 0 Å². The lowest BCUT2D eigenvalue weighted by Gasteiger charge is -2.20. The summed E-state index contributed by atoms with van der Waals surface area (Å²) in [6.45, 7) is 0.00927. The van der Waals surface area contributed by atoms with Crippen molar-refractivity contribution in [1.82, 2.24) is 9.88 Å². The zero-order valence-electron chi connectivity index (χ0n) is 9.04. The molecule has 1 aliphatic heterocycles. The van der Waals surface area contributed by atoms with Crippen LogP contribution in [0.5, 0.6) is 0 Å². The number of aliphatic hydroxyl groups excluding tert-OH is 1. The maximum Gasteiger partial charge on any atom is 0.326 e. The number of carbonyl (C=O) groups is 2. The standard InChI is InChI=1S/C9H10BrN3O4S/c10-6-2-11-8(18-6)12-9(17)13-3-4(14)1-5(13)7(15)16/h2,4-5,14H,1,3H2,(H,15,16)(H,11,12,17)/t4-,5+/m1/s1. The quantitative estimate of drug-likeness (QED) is 0.746. The molecule has 0 unspecified atom stereocenters. The Labute approximate surface area is 115 Å². The Morgan fingerprint density at radius 3 is 2.89 bits per heavy atom. The first kappa shape index (κ1) is 13.2. The highest BCUT2D eigenvalue weighted by molar-refractivity contribution is 9.11. The minimum Gasteiger partial charge on any atom is -0.480 e. The number of halogens is 1. The van der Waals surface area contributed by atoms with Gasteiger partial charge in [-0.05, 0) is 15.9 Å². The van der Waals surface area contributed by atoms with Gasteiger partial charge in [-0.3, -0.25) is 5.32 Å². The molecule has 3 N–H and O–H groups in total. The lowest BCUT2D eigenvalue weighted by molar-refractivity contribution is -0.141. The summed E-state index contributed by atoms with van der Waals surface area (Å²) in [4.78, 5) is 27.9. The molecular formula is C9H10BrN3O4S. The minimum absolute atomic E-state index is 0.00927. The summed E-state index contributed by atoms with van der Waals surface area (Å²) in [6, 6.07) is -1.57. The predicted octanol–water partition coefficient (Wildman–Crippen LogP) is 0.957. The van der Waals surface area contributed by atoms with Crippen molar-refractivity contribution in [3.8, 4) is 0 Å². The second kappa shape index (κ2) is 5.21. The van der Waals surface area contributed by atoms with Crippen LogP contribution in [0, 0.1) is 0 Å². The van der Waals surface area contributed by atoms with Gasteiger partial charge in [0, 0.05) is 13.0 Å². The van der Waals surface area contributed by atoms with E-state index in [2.05, 4.69) is 26.2 Å². The van der Waals surface area contributed by atoms with Gasteiger partial charge in [0.1, 0.15) is 6.04 Å². The fourth-order valence-electron chi connectivity index (χ4n) is 1.75. The number of aliphatic hydroxyl groups is 1. The predicted molar refractivity (Wildman–Crippen MR) is 67.6 cm³/mol. The van der Waals surface area contributed by atoms with Crippen molar-refractivity contribution in [1.29, 1.82) is 0 Å². The van der Waals surface area contributed by atoms with E-state index in [-0.39, 0.29) is 13.0 Å². The summed E-state index contributed by atoms with van der Waals surface area (Å²) in [7, 11) is 0. The average Bonchev–Trinajstić information content (AvgIpc) is 2.85. The highest BCUT2D eigenvalue weighted by Crippen LogP contribution is 2.25. The van der Waals surface area contributed by atoms with E-state index >= 15 is 0 Å². The van der Waals surface area contributed by atoms with E-state index in [0.29, 0.717) is 5.13 Å². The molecule has 1 aromatic rings. The average molecular weight is 336 g/mol. The molecule has 7 nitrogen and oxygen atoms in total. The molecule has 0 spiro atoms. The molecule has 2 amide bonds. The summed E-state index contributed by atoms with van der Waals surface area (Å²) in [5, 5.41) is 21.3. The number of aliphatic carboxylic acids is 1. The van der Waals surface area contributed by atoms with E-state index in [1.807, 2.05) is 0 Å². The van der Waals surface area contributed by atoms with Crippen LogP contribution in [0.15, 0.2) is 9.98 Å². The summed E-state index contributed by atoms with van der Waals surface area (Å²) >= 11 is 4.43. The molecule has 0 radical (unpaired) electrons. The first-order valence-corrected chi connectivity index (χ1v) is 6.68. The largest absolute Gasteiger partial charge is 0.480 e. The Hall–Kier alpha value is -1.19. The third-order valence-electron chi connectivity index (χ3n) is 2.52. The van der Waals surface area contributed by atoms with Gasteiger partial charge in [-0.2, -0.15) is 0 Å². The van der Waals surface area contributed by atoms with E-state index in [9.17, 15) is 14.7 Å². The van der Waals surface area contributed by atoms with Crippen LogP contribution in [-0.2, 0) is 4.79 Å². The molecule has 9 heteroatoms. The first-order valence-electron chi connectivity index (χ1n) is 5.07. The molecule has 0 aromatic carbocycles. The van der Waals surface area contributed by atoms with Gasteiger partial charge < -0.3 is 15.1 Å². The van der Waals surface area contributed by atoms with Gasteiger partial charge in [-0.15, -0.1) is 0 Å². The smallest absolute Gasteiger partial charge is 0.326 e. The Bertz CT molecular complexity index is 480. The van der Waals surface area contributed by atoms with Crippen LogP contribution in [-0.4, -0.2) is 50.8 Å². The highest BCUT2D eigenvalue weighted by Gasteiger charge is 2.39. The summed E-state index contributed by atoms with van der Waals surface area (Å²) < 4.78 is 0.758. The molecular weight excluding hydrogens is 326 g/mol. The number of amides is 2. The third-order valence-corrected chi connectivity index (χ3v) is 3.91. The van der Waals surface area contributed by atoms with E-state index in [4.69, 9.17) is 5.11 Å². The SMILES string of the molecule is O=C(O)[C@@H]1C[C@@H](O)CN1C(=O)Nc1ncc(Br)s1. The van der Waals surface area contributed by atoms with Crippen LogP contribution >= 0.6 is 27.3 Å². The lowest BCUT2D eigenvalue weighted by atomic mass is 10.2. The van der Waals surface area contributed by atoms with E-state index in [0.717, 1.165) is 8.69 Å². The molecule has 2 rings (SSSR count). The summed E-state index contributed by atoms with van der Waals surface area (Å²) in [5.41, 5.74) is 0. The van der Waals surface area contributed by atoms with Crippen molar-refractivity contribution in [3.63, 3.8) is 0 Å².